The lowest BCUT2D eigenvalue weighted by atomic mass is 9.97. The highest BCUT2D eigenvalue weighted by atomic mass is 79.9. The van der Waals surface area contributed by atoms with Crippen molar-refractivity contribution < 1.29 is 14.3 Å². The summed E-state index contributed by atoms with van der Waals surface area (Å²) in [5.74, 6) is 1.31. The molecule has 0 aliphatic carbocycles. The Labute approximate surface area is 174 Å². The molecule has 1 saturated heterocycles. The first-order chi connectivity index (χ1) is 13.3. The van der Waals surface area contributed by atoms with Crippen molar-refractivity contribution in [1.29, 1.82) is 0 Å². The van der Waals surface area contributed by atoms with Crippen molar-refractivity contribution in [2.75, 3.05) is 20.2 Å². The number of hydrogen-bond acceptors (Lipinski definition) is 4. The first kappa shape index (κ1) is 20.7. The van der Waals surface area contributed by atoms with E-state index >= 15 is 0 Å². The molecule has 0 unspecified atom stereocenters. The number of aromatic nitrogens is 2. The Morgan fingerprint density at radius 1 is 1.29 bits per heavy atom. The van der Waals surface area contributed by atoms with E-state index in [0.717, 1.165) is 53.8 Å². The summed E-state index contributed by atoms with van der Waals surface area (Å²) in [6, 6.07) is 5.99. The second-order valence-corrected chi connectivity index (χ2v) is 9.04. The molecular weight excluding hydrogens is 422 g/mol. The number of ether oxygens (including phenoxy) is 2. The Morgan fingerprint density at radius 3 is 2.64 bits per heavy atom. The number of rotatable bonds is 4. The topological polar surface area (TPSA) is 56.6 Å². The Hall–Kier alpha value is -2.02. The minimum atomic E-state index is -0.452. The number of carbonyl (C=O) groups is 1. The molecule has 0 N–H and O–H groups in total. The highest BCUT2D eigenvalue weighted by Gasteiger charge is 2.27. The van der Waals surface area contributed by atoms with Crippen LogP contribution in [0.3, 0.4) is 0 Å². The number of hydrogen-bond donors (Lipinski definition) is 0. The number of carbonyl (C=O) groups excluding carboxylic acids is 1. The highest BCUT2D eigenvalue weighted by Crippen LogP contribution is 2.36. The Kier molecular flexibility index (Phi) is 6.33. The van der Waals surface area contributed by atoms with Crippen molar-refractivity contribution in [3.63, 3.8) is 0 Å². The maximum atomic E-state index is 12.2. The molecule has 1 aromatic heterocycles. The van der Waals surface area contributed by atoms with Crippen LogP contribution in [0.2, 0.25) is 0 Å². The van der Waals surface area contributed by atoms with Gasteiger partial charge in [0.15, 0.2) is 0 Å². The molecule has 0 spiro atoms. The minimum absolute atomic E-state index is 0.214. The molecule has 3 rings (SSSR count). The van der Waals surface area contributed by atoms with Crippen LogP contribution in [0.15, 0.2) is 35.1 Å². The van der Waals surface area contributed by atoms with Gasteiger partial charge in [0.2, 0.25) is 0 Å². The molecule has 152 valence electrons. The zero-order valence-corrected chi connectivity index (χ0v) is 18.5. The van der Waals surface area contributed by atoms with Gasteiger partial charge in [-0.3, -0.25) is 4.68 Å². The Bertz CT molecular complexity index is 821. The SMILES string of the molecule is COc1c(Br)cccc1-c1cnn(CC2CCN(C(=O)OC(C)(C)C)CC2)c1. The van der Waals surface area contributed by atoms with E-state index in [9.17, 15) is 4.79 Å². The van der Waals surface area contributed by atoms with Gasteiger partial charge in [0, 0.05) is 37.0 Å². The standard InChI is InChI=1S/C21H28BrN3O3/c1-21(2,3)28-20(26)24-10-8-15(9-11-24)13-25-14-16(12-23-25)17-6-5-7-18(22)19(17)27-4/h5-7,12,14-15H,8-11,13H2,1-4H3. The van der Waals surface area contributed by atoms with Crippen LogP contribution >= 0.6 is 15.9 Å². The van der Waals surface area contributed by atoms with Gasteiger partial charge < -0.3 is 14.4 Å². The molecule has 1 aliphatic rings. The summed E-state index contributed by atoms with van der Waals surface area (Å²) in [6.07, 6.45) is 5.63. The fourth-order valence-electron chi connectivity index (χ4n) is 3.44. The van der Waals surface area contributed by atoms with E-state index in [1.165, 1.54) is 0 Å². The normalized spacial score (nSPS) is 15.5. The third-order valence-electron chi connectivity index (χ3n) is 4.83. The highest BCUT2D eigenvalue weighted by molar-refractivity contribution is 9.10. The predicted octanol–water partition coefficient (Wildman–Crippen LogP) is 4.97. The number of piperidine rings is 1. The number of benzene rings is 1. The van der Waals surface area contributed by atoms with Crippen molar-refractivity contribution in [2.24, 2.45) is 5.92 Å². The lowest BCUT2D eigenvalue weighted by molar-refractivity contribution is 0.0177. The van der Waals surface area contributed by atoms with Crippen LogP contribution in [0, 0.1) is 5.92 Å². The van der Waals surface area contributed by atoms with Gasteiger partial charge in [0.05, 0.1) is 17.8 Å². The van der Waals surface area contributed by atoms with Crippen LogP contribution in [0.25, 0.3) is 11.1 Å². The zero-order chi connectivity index (χ0) is 20.3. The molecule has 1 amide bonds. The summed E-state index contributed by atoms with van der Waals surface area (Å²) in [4.78, 5) is 14.0. The van der Waals surface area contributed by atoms with Gasteiger partial charge in [0.1, 0.15) is 11.4 Å². The third kappa shape index (κ3) is 5.07. The molecule has 6 nitrogen and oxygen atoms in total. The summed E-state index contributed by atoms with van der Waals surface area (Å²) in [5, 5.41) is 4.53. The maximum absolute atomic E-state index is 12.2. The van der Waals surface area contributed by atoms with Gasteiger partial charge in [-0.05, 0) is 61.5 Å². The zero-order valence-electron chi connectivity index (χ0n) is 16.9. The molecule has 2 aromatic rings. The van der Waals surface area contributed by atoms with E-state index < -0.39 is 5.60 Å². The van der Waals surface area contributed by atoms with E-state index in [1.807, 2.05) is 54.7 Å². The monoisotopic (exact) mass is 449 g/mol. The minimum Gasteiger partial charge on any atom is -0.495 e. The number of halogens is 1. The van der Waals surface area contributed by atoms with Gasteiger partial charge >= 0.3 is 6.09 Å². The van der Waals surface area contributed by atoms with E-state index in [0.29, 0.717) is 5.92 Å². The molecule has 0 atom stereocenters. The lowest BCUT2D eigenvalue weighted by Crippen LogP contribution is -2.42. The molecule has 1 aliphatic heterocycles. The Morgan fingerprint density at radius 2 is 2.00 bits per heavy atom. The Balaban J connectivity index is 1.59. The molecule has 0 saturated carbocycles. The summed E-state index contributed by atoms with van der Waals surface area (Å²) in [5.41, 5.74) is 1.60. The van der Waals surface area contributed by atoms with E-state index in [4.69, 9.17) is 9.47 Å². The average molecular weight is 450 g/mol. The maximum Gasteiger partial charge on any atom is 0.410 e. The first-order valence-corrected chi connectivity index (χ1v) is 10.4. The summed E-state index contributed by atoms with van der Waals surface area (Å²) in [7, 11) is 1.67. The lowest BCUT2D eigenvalue weighted by Gasteiger charge is -2.33. The van der Waals surface area contributed by atoms with Crippen molar-refractivity contribution in [3.8, 4) is 16.9 Å². The number of para-hydroxylation sites is 1. The van der Waals surface area contributed by atoms with Gasteiger partial charge in [-0.2, -0.15) is 5.10 Å². The second kappa shape index (κ2) is 8.55. The van der Waals surface area contributed by atoms with Crippen LogP contribution < -0.4 is 4.74 Å². The van der Waals surface area contributed by atoms with Crippen molar-refractivity contribution in [2.45, 2.75) is 45.8 Å². The fourth-order valence-corrected chi connectivity index (χ4v) is 3.96. The smallest absolute Gasteiger partial charge is 0.410 e. The van der Waals surface area contributed by atoms with Crippen molar-refractivity contribution in [1.82, 2.24) is 14.7 Å². The van der Waals surface area contributed by atoms with Gasteiger partial charge in [-0.1, -0.05) is 12.1 Å². The third-order valence-corrected chi connectivity index (χ3v) is 5.45. The number of likely N-dealkylation sites (tertiary alicyclic amines) is 1. The first-order valence-electron chi connectivity index (χ1n) is 9.60. The molecule has 2 heterocycles. The molecule has 1 fully saturated rings. The van der Waals surface area contributed by atoms with Crippen LogP contribution in [-0.2, 0) is 11.3 Å². The van der Waals surface area contributed by atoms with E-state index in [1.54, 1.807) is 7.11 Å². The second-order valence-electron chi connectivity index (χ2n) is 8.18. The van der Waals surface area contributed by atoms with Crippen molar-refractivity contribution >= 4 is 22.0 Å². The molecule has 0 radical (unpaired) electrons. The average Bonchev–Trinajstić information content (AvgIpc) is 3.09. The number of nitrogens with zero attached hydrogens (tertiary/aromatic N) is 3. The largest absolute Gasteiger partial charge is 0.495 e. The van der Waals surface area contributed by atoms with Gasteiger partial charge in [-0.25, -0.2) is 4.79 Å². The van der Waals surface area contributed by atoms with E-state index in [2.05, 4.69) is 27.2 Å². The molecular formula is C21H28BrN3O3. The summed E-state index contributed by atoms with van der Waals surface area (Å²) >= 11 is 3.53. The van der Waals surface area contributed by atoms with Crippen molar-refractivity contribution in [3.05, 3.63) is 35.1 Å². The van der Waals surface area contributed by atoms with Crippen LogP contribution in [0.4, 0.5) is 4.79 Å². The molecule has 0 bridgehead atoms. The van der Waals surface area contributed by atoms with Crippen LogP contribution in [0.5, 0.6) is 5.75 Å². The number of amides is 1. The van der Waals surface area contributed by atoms with Gasteiger partial charge in [0.25, 0.3) is 0 Å². The van der Waals surface area contributed by atoms with Crippen LogP contribution in [0.1, 0.15) is 33.6 Å². The fraction of sp³-hybridized carbons (Fsp3) is 0.524. The molecule has 28 heavy (non-hydrogen) atoms. The summed E-state index contributed by atoms with van der Waals surface area (Å²) < 4.78 is 13.9. The van der Waals surface area contributed by atoms with Crippen LogP contribution in [-0.4, -0.2) is 46.6 Å². The van der Waals surface area contributed by atoms with Gasteiger partial charge in [-0.15, -0.1) is 0 Å². The molecule has 1 aromatic carbocycles. The quantitative estimate of drug-likeness (QED) is 0.660. The molecule has 7 heteroatoms. The predicted molar refractivity (Wildman–Crippen MR) is 112 cm³/mol. The summed E-state index contributed by atoms with van der Waals surface area (Å²) in [6.45, 7) is 7.99. The van der Waals surface area contributed by atoms with E-state index in [-0.39, 0.29) is 6.09 Å². The number of methoxy groups -OCH3 is 1.